The molecule has 3 heterocycles. The maximum Gasteiger partial charge on any atom is 0.284 e. The monoisotopic (exact) mass is 398 g/mol. The lowest BCUT2D eigenvalue weighted by Gasteiger charge is -2.14. The van der Waals surface area contributed by atoms with Crippen LogP contribution in [-0.4, -0.2) is 30.4 Å². The minimum atomic E-state index is -3.89. The first-order valence-electron chi connectivity index (χ1n) is 8.19. The number of aryl methyl sites for hydroxylation is 2. The molecule has 2 aromatic heterocycles. The molecule has 1 aliphatic rings. The second-order valence-electron chi connectivity index (χ2n) is 6.15. The summed E-state index contributed by atoms with van der Waals surface area (Å²) < 4.78 is 32.5. The fraction of sp³-hybridized carbons (Fsp3) is 0.111. The van der Waals surface area contributed by atoms with Crippen molar-refractivity contribution in [3.63, 3.8) is 0 Å². The number of hydrogen-bond donors (Lipinski definition) is 1. The van der Waals surface area contributed by atoms with Crippen LogP contribution < -0.4 is 9.62 Å². The Balaban J connectivity index is 1.61. The Morgan fingerprint density at radius 2 is 1.75 bits per heavy atom. The number of nitrogens with one attached hydrogen (secondary N) is 1. The second kappa shape index (κ2) is 6.27. The van der Waals surface area contributed by atoms with Crippen LogP contribution in [0.25, 0.3) is 0 Å². The zero-order valence-electron chi connectivity index (χ0n) is 14.8. The third-order valence-corrected chi connectivity index (χ3v) is 5.89. The molecular weight excluding hydrogens is 384 g/mol. The Labute approximate surface area is 160 Å². The van der Waals surface area contributed by atoms with Gasteiger partial charge in [0.25, 0.3) is 21.8 Å². The second-order valence-corrected chi connectivity index (χ2v) is 7.77. The Kier molecular flexibility index (Phi) is 4.00. The molecule has 1 aliphatic heterocycles. The van der Waals surface area contributed by atoms with E-state index in [0.717, 1.165) is 4.90 Å². The van der Waals surface area contributed by atoms with Crippen LogP contribution in [-0.2, 0) is 10.0 Å². The van der Waals surface area contributed by atoms with E-state index < -0.39 is 21.8 Å². The van der Waals surface area contributed by atoms with Gasteiger partial charge < -0.3 is 4.52 Å². The standard InChI is InChI=1S/C18H14N4O5S/c1-10-16(11(2)27-20-10)28(25,26)21-12-5-7-13(8-6-12)22-17(23)14-4-3-9-19-15(14)18(22)24/h3-9,21H,1-2H3. The number of pyridine rings is 1. The number of benzene rings is 1. The van der Waals surface area contributed by atoms with Crippen LogP contribution in [0, 0.1) is 13.8 Å². The predicted molar refractivity (Wildman–Crippen MR) is 98.6 cm³/mol. The number of amides is 2. The summed E-state index contributed by atoms with van der Waals surface area (Å²) in [7, 11) is -3.89. The highest BCUT2D eigenvalue weighted by Crippen LogP contribution is 2.29. The van der Waals surface area contributed by atoms with Crippen molar-refractivity contribution >= 4 is 33.2 Å². The quantitative estimate of drug-likeness (QED) is 0.669. The molecule has 0 aliphatic carbocycles. The SMILES string of the molecule is Cc1noc(C)c1S(=O)(=O)Nc1ccc(N2C(=O)c3cccnc3C2=O)cc1. The highest BCUT2D eigenvalue weighted by molar-refractivity contribution is 7.92. The number of rotatable bonds is 4. The molecule has 0 unspecified atom stereocenters. The molecule has 0 radical (unpaired) electrons. The van der Waals surface area contributed by atoms with Crippen LogP contribution in [0.5, 0.6) is 0 Å². The van der Waals surface area contributed by atoms with Gasteiger partial charge in [-0.1, -0.05) is 5.16 Å². The molecule has 0 fully saturated rings. The molecule has 3 aromatic rings. The first-order chi connectivity index (χ1) is 13.3. The van der Waals surface area contributed by atoms with E-state index in [1.807, 2.05) is 0 Å². The minimum absolute atomic E-state index is 0.0250. The summed E-state index contributed by atoms with van der Waals surface area (Å²) in [4.78, 5) is 29.9. The van der Waals surface area contributed by atoms with Crippen LogP contribution >= 0.6 is 0 Å². The number of aromatic nitrogens is 2. The van der Waals surface area contributed by atoms with Crippen LogP contribution in [0.15, 0.2) is 52.0 Å². The molecule has 9 nitrogen and oxygen atoms in total. The van der Waals surface area contributed by atoms with Gasteiger partial charge in [-0.25, -0.2) is 13.3 Å². The Bertz CT molecular complexity index is 1160. The summed E-state index contributed by atoms with van der Waals surface area (Å²) in [6.45, 7) is 3.04. The van der Waals surface area contributed by atoms with Crippen LogP contribution in [0.2, 0.25) is 0 Å². The van der Waals surface area contributed by atoms with E-state index in [9.17, 15) is 18.0 Å². The van der Waals surface area contributed by atoms with Gasteiger partial charge in [-0.3, -0.25) is 19.3 Å². The molecule has 142 valence electrons. The topological polar surface area (TPSA) is 122 Å². The molecule has 4 rings (SSSR count). The molecule has 28 heavy (non-hydrogen) atoms. The summed E-state index contributed by atoms with van der Waals surface area (Å²) in [6, 6.07) is 9.00. The van der Waals surface area contributed by atoms with Gasteiger partial charge in [-0.15, -0.1) is 0 Å². The average molecular weight is 398 g/mol. The average Bonchev–Trinajstić information content (AvgIpc) is 3.13. The highest BCUT2D eigenvalue weighted by Gasteiger charge is 2.37. The van der Waals surface area contributed by atoms with E-state index in [4.69, 9.17) is 4.52 Å². The first-order valence-corrected chi connectivity index (χ1v) is 9.67. The molecule has 1 aromatic carbocycles. The van der Waals surface area contributed by atoms with Crippen molar-refractivity contribution in [1.82, 2.24) is 10.1 Å². The number of nitrogens with zero attached hydrogens (tertiary/aromatic N) is 3. The van der Waals surface area contributed by atoms with Gasteiger partial charge in [0.1, 0.15) is 11.4 Å². The lowest BCUT2D eigenvalue weighted by Crippen LogP contribution is -2.29. The smallest absolute Gasteiger partial charge is 0.284 e. The van der Waals surface area contributed by atoms with Crippen LogP contribution in [0.3, 0.4) is 0 Å². The van der Waals surface area contributed by atoms with Crippen molar-refractivity contribution in [2.45, 2.75) is 18.7 Å². The van der Waals surface area contributed by atoms with Crippen LogP contribution in [0.1, 0.15) is 32.3 Å². The predicted octanol–water partition coefficient (Wildman–Crippen LogP) is 2.29. The molecule has 0 saturated heterocycles. The molecule has 0 spiro atoms. The van der Waals surface area contributed by atoms with Gasteiger partial charge in [0.05, 0.1) is 11.3 Å². The van der Waals surface area contributed by atoms with Gasteiger partial charge >= 0.3 is 0 Å². The van der Waals surface area contributed by atoms with Crippen molar-refractivity contribution < 1.29 is 22.5 Å². The Morgan fingerprint density at radius 1 is 1.04 bits per heavy atom. The summed E-state index contributed by atoms with van der Waals surface area (Å²) >= 11 is 0. The van der Waals surface area contributed by atoms with E-state index >= 15 is 0 Å². The van der Waals surface area contributed by atoms with Crippen molar-refractivity contribution in [2.75, 3.05) is 9.62 Å². The lowest BCUT2D eigenvalue weighted by atomic mass is 10.2. The fourth-order valence-corrected chi connectivity index (χ4v) is 4.43. The lowest BCUT2D eigenvalue weighted by molar-refractivity contribution is 0.0924. The maximum absolute atomic E-state index is 12.6. The summed E-state index contributed by atoms with van der Waals surface area (Å²) in [5, 5.41) is 3.65. The molecule has 0 saturated carbocycles. The number of anilines is 2. The Morgan fingerprint density at radius 3 is 2.36 bits per heavy atom. The molecule has 2 amide bonds. The number of imide groups is 1. The van der Waals surface area contributed by atoms with Crippen molar-refractivity contribution in [3.8, 4) is 0 Å². The van der Waals surface area contributed by atoms with Crippen molar-refractivity contribution in [2.24, 2.45) is 0 Å². The normalized spacial score (nSPS) is 13.7. The number of carbonyl (C=O) groups is 2. The number of fused-ring (bicyclic) bond motifs is 1. The van der Waals surface area contributed by atoms with E-state index in [1.165, 1.54) is 50.4 Å². The third kappa shape index (κ3) is 2.74. The van der Waals surface area contributed by atoms with Gasteiger partial charge in [0.15, 0.2) is 10.7 Å². The van der Waals surface area contributed by atoms with Gasteiger partial charge in [0, 0.05) is 11.9 Å². The van der Waals surface area contributed by atoms with Crippen molar-refractivity contribution in [3.05, 3.63) is 65.3 Å². The van der Waals surface area contributed by atoms with E-state index in [0.29, 0.717) is 5.69 Å². The molecule has 10 heteroatoms. The summed E-state index contributed by atoms with van der Waals surface area (Å²) in [5.74, 6) is -0.818. The maximum atomic E-state index is 12.6. The van der Waals surface area contributed by atoms with E-state index in [1.54, 1.807) is 6.07 Å². The van der Waals surface area contributed by atoms with Gasteiger partial charge in [-0.05, 0) is 50.2 Å². The molecule has 0 bridgehead atoms. The first kappa shape index (κ1) is 17.9. The van der Waals surface area contributed by atoms with E-state index in [2.05, 4.69) is 14.9 Å². The molecule has 1 N–H and O–H groups in total. The largest absolute Gasteiger partial charge is 0.360 e. The third-order valence-electron chi connectivity index (χ3n) is 4.26. The zero-order valence-corrected chi connectivity index (χ0v) is 15.6. The summed E-state index contributed by atoms with van der Waals surface area (Å²) in [6.07, 6.45) is 1.44. The number of hydrogen-bond acceptors (Lipinski definition) is 7. The zero-order chi connectivity index (χ0) is 20.1. The number of sulfonamides is 1. The highest BCUT2D eigenvalue weighted by atomic mass is 32.2. The van der Waals surface area contributed by atoms with Crippen molar-refractivity contribution in [1.29, 1.82) is 0 Å². The Hall–Kier alpha value is -3.53. The van der Waals surface area contributed by atoms with Gasteiger partial charge in [-0.2, -0.15) is 0 Å². The number of carbonyl (C=O) groups excluding carboxylic acids is 2. The van der Waals surface area contributed by atoms with E-state index in [-0.39, 0.29) is 33.3 Å². The van der Waals surface area contributed by atoms with Gasteiger partial charge in [0.2, 0.25) is 0 Å². The van der Waals surface area contributed by atoms with Crippen LogP contribution in [0.4, 0.5) is 11.4 Å². The minimum Gasteiger partial charge on any atom is -0.360 e. The summed E-state index contributed by atoms with van der Waals surface area (Å²) in [5.41, 5.74) is 1.15. The molecule has 0 atom stereocenters. The fourth-order valence-electron chi connectivity index (χ4n) is 3.04. The molecular formula is C18H14N4O5S.